The van der Waals surface area contributed by atoms with Crippen molar-refractivity contribution < 1.29 is 4.39 Å². The van der Waals surface area contributed by atoms with Crippen molar-refractivity contribution in [3.63, 3.8) is 0 Å². The third-order valence-electron chi connectivity index (χ3n) is 0.510. The van der Waals surface area contributed by atoms with E-state index in [0.717, 1.165) is 0 Å². The Morgan fingerprint density at radius 3 is 2.78 bits per heavy atom. The Morgan fingerprint density at radius 1 is 1.44 bits per heavy atom. The third-order valence-corrected chi connectivity index (χ3v) is 0.510. The van der Waals surface area contributed by atoms with Gasteiger partial charge in [-0.25, -0.2) is 4.99 Å². The van der Waals surface area contributed by atoms with E-state index < -0.39 is 0 Å². The predicted octanol–water partition coefficient (Wildman–Crippen LogP) is 1.58. The smallest absolute Gasteiger partial charge is 0.175 e. The van der Waals surface area contributed by atoms with Gasteiger partial charge in [-0.2, -0.15) is 9.65 Å². The van der Waals surface area contributed by atoms with Gasteiger partial charge in [-0.1, -0.05) is 6.08 Å². The number of allylic oxidation sites excluding steroid dienone is 3. The van der Waals surface area contributed by atoms with Gasteiger partial charge in [0, 0.05) is 12.3 Å². The zero-order valence-electron chi connectivity index (χ0n) is 4.66. The number of hydrogen-bond acceptors (Lipinski definition) is 2. The van der Waals surface area contributed by atoms with E-state index in [0.29, 0.717) is 0 Å². The maximum Gasteiger partial charge on any atom is 0.175 e. The normalized spacial score (nSPS) is 11.6. The standard InChI is InChI=1S/C6H5FN2/c7-6-9-5-3-1-2-4-8/h1-3,5-6H/b2-1+,5-3-,9-6?. The van der Waals surface area contributed by atoms with Gasteiger partial charge in [-0.3, -0.25) is 0 Å². The minimum absolute atomic E-state index is 0.177. The van der Waals surface area contributed by atoms with E-state index in [1.165, 1.54) is 24.4 Å². The molecule has 2 nitrogen and oxygen atoms in total. The van der Waals surface area contributed by atoms with Crippen LogP contribution in [0.3, 0.4) is 0 Å². The highest BCUT2D eigenvalue weighted by atomic mass is 19.1. The lowest BCUT2D eigenvalue weighted by atomic mass is 10.5. The molecule has 0 aliphatic carbocycles. The molecule has 0 aliphatic heterocycles. The van der Waals surface area contributed by atoms with Crippen LogP contribution in [0.4, 0.5) is 4.39 Å². The van der Waals surface area contributed by atoms with Gasteiger partial charge in [0.1, 0.15) is 0 Å². The van der Waals surface area contributed by atoms with Gasteiger partial charge in [-0.05, 0) is 6.08 Å². The molecule has 3 heteroatoms. The molecular weight excluding hydrogens is 119 g/mol. The minimum Gasteiger partial charge on any atom is -0.235 e. The van der Waals surface area contributed by atoms with Gasteiger partial charge in [0.2, 0.25) is 0 Å². The topological polar surface area (TPSA) is 36.1 Å². The van der Waals surface area contributed by atoms with E-state index in [1.54, 1.807) is 6.07 Å². The molecule has 0 saturated carbocycles. The van der Waals surface area contributed by atoms with Crippen molar-refractivity contribution in [2.45, 2.75) is 0 Å². The molecule has 9 heavy (non-hydrogen) atoms. The summed E-state index contributed by atoms with van der Waals surface area (Å²) < 4.78 is 11.1. The first kappa shape index (κ1) is 7.57. The molecule has 0 rings (SSSR count). The SMILES string of the molecule is N#C/C=C/C=C\N=CF. The molecule has 0 spiro atoms. The highest BCUT2D eigenvalue weighted by Crippen LogP contribution is 1.76. The fourth-order valence-electron chi connectivity index (χ4n) is 0.230. The van der Waals surface area contributed by atoms with Crippen molar-refractivity contribution in [1.82, 2.24) is 0 Å². The Morgan fingerprint density at radius 2 is 2.22 bits per heavy atom. The average molecular weight is 124 g/mol. The lowest BCUT2D eigenvalue weighted by Crippen LogP contribution is -1.51. The molecular formula is C6H5FN2. The number of nitrogens with zero attached hydrogens (tertiary/aromatic N) is 2. The number of aliphatic imine (C=N–C) groups is 1. The van der Waals surface area contributed by atoms with Gasteiger partial charge in [0.25, 0.3) is 0 Å². The first-order valence-electron chi connectivity index (χ1n) is 2.25. The van der Waals surface area contributed by atoms with Crippen LogP contribution >= 0.6 is 0 Å². The van der Waals surface area contributed by atoms with Crippen molar-refractivity contribution in [3.05, 3.63) is 24.4 Å². The minimum atomic E-state index is 0.177. The lowest BCUT2D eigenvalue weighted by Gasteiger charge is -1.66. The Bertz CT molecular complexity index is 174. The summed E-state index contributed by atoms with van der Waals surface area (Å²) in [6.07, 6.45) is 5.43. The number of halogens is 1. The Kier molecular flexibility index (Phi) is 5.53. The van der Waals surface area contributed by atoms with Gasteiger partial charge in [0.05, 0.1) is 6.07 Å². The summed E-state index contributed by atoms with van der Waals surface area (Å²) in [5.41, 5.74) is 0. The van der Waals surface area contributed by atoms with Crippen LogP contribution in [-0.2, 0) is 0 Å². The maximum absolute atomic E-state index is 11.1. The lowest BCUT2D eigenvalue weighted by molar-refractivity contribution is 0.841. The molecule has 0 aromatic heterocycles. The predicted molar refractivity (Wildman–Crippen MR) is 33.5 cm³/mol. The zero-order valence-corrected chi connectivity index (χ0v) is 4.66. The van der Waals surface area contributed by atoms with Crippen LogP contribution in [0, 0.1) is 11.3 Å². The second-order valence-corrected chi connectivity index (χ2v) is 1.08. The van der Waals surface area contributed by atoms with Gasteiger partial charge < -0.3 is 0 Å². The largest absolute Gasteiger partial charge is 0.235 e. The van der Waals surface area contributed by atoms with E-state index in [4.69, 9.17) is 5.26 Å². The van der Waals surface area contributed by atoms with Gasteiger partial charge in [-0.15, -0.1) is 0 Å². The molecule has 0 N–H and O–H groups in total. The van der Waals surface area contributed by atoms with Crippen LogP contribution in [0.15, 0.2) is 29.4 Å². The summed E-state index contributed by atoms with van der Waals surface area (Å²) >= 11 is 0. The van der Waals surface area contributed by atoms with Crippen molar-refractivity contribution in [2.75, 3.05) is 0 Å². The van der Waals surface area contributed by atoms with Gasteiger partial charge >= 0.3 is 0 Å². The summed E-state index contributed by atoms with van der Waals surface area (Å²) in [6.45, 7) is 0.177. The summed E-state index contributed by atoms with van der Waals surface area (Å²) in [5.74, 6) is 0. The van der Waals surface area contributed by atoms with Crippen molar-refractivity contribution in [1.29, 1.82) is 5.26 Å². The van der Waals surface area contributed by atoms with Gasteiger partial charge in [0.15, 0.2) is 6.47 Å². The van der Waals surface area contributed by atoms with E-state index >= 15 is 0 Å². The summed E-state index contributed by atoms with van der Waals surface area (Å²) in [4.78, 5) is 3.11. The zero-order chi connectivity index (χ0) is 6.95. The molecule has 0 saturated heterocycles. The first-order valence-corrected chi connectivity index (χ1v) is 2.25. The van der Waals surface area contributed by atoms with E-state index in [1.807, 2.05) is 0 Å². The summed E-state index contributed by atoms with van der Waals surface area (Å²) in [6, 6.07) is 1.77. The molecule has 0 radical (unpaired) electrons. The van der Waals surface area contributed by atoms with Crippen LogP contribution in [0.5, 0.6) is 0 Å². The molecule has 0 bridgehead atoms. The summed E-state index contributed by atoms with van der Waals surface area (Å²) in [7, 11) is 0. The van der Waals surface area contributed by atoms with E-state index in [2.05, 4.69) is 4.99 Å². The fourth-order valence-corrected chi connectivity index (χ4v) is 0.230. The molecule has 0 unspecified atom stereocenters. The highest BCUT2D eigenvalue weighted by Gasteiger charge is 1.60. The molecule has 0 aromatic rings. The van der Waals surface area contributed by atoms with Crippen LogP contribution in [-0.4, -0.2) is 6.47 Å². The molecule has 0 atom stereocenters. The second kappa shape index (κ2) is 6.57. The summed E-state index contributed by atoms with van der Waals surface area (Å²) in [5, 5.41) is 7.94. The van der Waals surface area contributed by atoms with Crippen LogP contribution in [0.1, 0.15) is 0 Å². The van der Waals surface area contributed by atoms with Crippen molar-refractivity contribution in [2.24, 2.45) is 4.99 Å². The van der Waals surface area contributed by atoms with Crippen LogP contribution in [0.25, 0.3) is 0 Å². The Hall–Kier alpha value is -1.43. The van der Waals surface area contributed by atoms with E-state index in [-0.39, 0.29) is 6.47 Å². The molecule has 0 aliphatic rings. The van der Waals surface area contributed by atoms with E-state index in [9.17, 15) is 4.39 Å². The average Bonchev–Trinajstić information content (AvgIpc) is 1.89. The number of hydrogen-bond donors (Lipinski definition) is 0. The van der Waals surface area contributed by atoms with Crippen LogP contribution in [0.2, 0.25) is 0 Å². The fraction of sp³-hybridized carbons (Fsp3) is 0. The Labute approximate surface area is 52.6 Å². The molecule has 46 valence electrons. The number of rotatable bonds is 2. The third kappa shape index (κ3) is 6.57. The molecule has 0 heterocycles. The molecule has 0 amide bonds. The second-order valence-electron chi connectivity index (χ2n) is 1.08. The maximum atomic E-state index is 11.1. The monoisotopic (exact) mass is 124 g/mol. The quantitative estimate of drug-likeness (QED) is 0.312. The van der Waals surface area contributed by atoms with Crippen LogP contribution < -0.4 is 0 Å². The first-order chi connectivity index (χ1) is 4.41. The molecule has 0 aromatic carbocycles. The Balaban J connectivity index is 3.50. The highest BCUT2D eigenvalue weighted by molar-refractivity contribution is 5.45. The molecule has 0 fully saturated rings. The number of nitriles is 1. The van der Waals surface area contributed by atoms with Crippen molar-refractivity contribution in [3.8, 4) is 6.07 Å². The van der Waals surface area contributed by atoms with Crippen molar-refractivity contribution >= 4 is 6.47 Å².